The fourth-order valence-electron chi connectivity index (χ4n) is 2.08. The maximum atomic E-state index is 8.84. The van der Waals surface area contributed by atoms with E-state index in [2.05, 4.69) is 5.32 Å². The molecule has 0 aliphatic heterocycles. The lowest BCUT2D eigenvalue weighted by molar-refractivity contribution is 0.611. The van der Waals surface area contributed by atoms with Crippen LogP contribution in [0.5, 0.6) is 0 Å². The second-order valence-electron chi connectivity index (χ2n) is 4.42. The van der Waals surface area contributed by atoms with Crippen LogP contribution in [0.1, 0.15) is 11.1 Å². The quantitative estimate of drug-likeness (QED) is 0.765. The third-order valence-corrected chi connectivity index (χ3v) is 3.45. The van der Waals surface area contributed by atoms with Crippen LogP contribution in [0.15, 0.2) is 53.1 Å². The molecule has 0 amide bonds. The van der Waals surface area contributed by atoms with Gasteiger partial charge < -0.3 is 9.73 Å². The van der Waals surface area contributed by atoms with Crippen molar-refractivity contribution < 1.29 is 4.42 Å². The van der Waals surface area contributed by atoms with E-state index in [1.54, 1.807) is 18.4 Å². The summed E-state index contributed by atoms with van der Waals surface area (Å²) >= 11 is 6.00. The molecule has 4 heteroatoms. The molecular weight excluding hydrogens is 272 g/mol. The monoisotopic (exact) mass is 282 g/mol. The van der Waals surface area contributed by atoms with Crippen molar-refractivity contribution in [3.8, 4) is 6.07 Å². The predicted octanol–water partition coefficient (Wildman–Crippen LogP) is 4.57. The number of rotatable bonds is 3. The summed E-state index contributed by atoms with van der Waals surface area (Å²) in [7, 11) is 0. The SMILES string of the molecule is N#Cc1ccc(NCc2coc3ccccc23)cc1Cl. The average molecular weight is 283 g/mol. The molecule has 3 rings (SSSR count). The molecule has 0 bridgehead atoms. The molecule has 0 saturated carbocycles. The number of benzene rings is 2. The normalized spacial score (nSPS) is 10.4. The van der Waals surface area contributed by atoms with Crippen LogP contribution in [-0.4, -0.2) is 0 Å². The summed E-state index contributed by atoms with van der Waals surface area (Å²) in [5.41, 5.74) is 3.31. The van der Waals surface area contributed by atoms with Gasteiger partial charge in [0.25, 0.3) is 0 Å². The number of furan rings is 1. The van der Waals surface area contributed by atoms with Gasteiger partial charge in [-0.3, -0.25) is 0 Å². The lowest BCUT2D eigenvalue weighted by Crippen LogP contribution is -1.98. The van der Waals surface area contributed by atoms with E-state index in [-0.39, 0.29) is 0 Å². The number of fused-ring (bicyclic) bond motifs is 1. The van der Waals surface area contributed by atoms with E-state index in [0.717, 1.165) is 22.2 Å². The molecule has 0 aliphatic rings. The number of hydrogen-bond donors (Lipinski definition) is 1. The Balaban J connectivity index is 1.80. The van der Waals surface area contributed by atoms with E-state index in [1.807, 2.05) is 36.4 Å². The molecule has 0 aliphatic carbocycles. The Bertz CT molecular complexity index is 802. The number of hydrogen-bond acceptors (Lipinski definition) is 3. The molecule has 1 aromatic heterocycles. The standard InChI is InChI=1S/C16H11ClN2O/c17-15-7-13(6-5-11(15)8-18)19-9-12-10-20-16-4-2-1-3-14(12)16/h1-7,10,19H,9H2. The number of nitriles is 1. The van der Waals surface area contributed by atoms with Gasteiger partial charge in [0.2, 0.25) is 0 Å². The van der Waals surface area contributed by atoms with E-state index in [4.69, 9.17) is 21.3 Å². The molecule has 1 heterocycles. The maximum Gasteiger partial charge on any atom is 0.134 e. The van der Waals surface area contributed by atoms with Gasteiger partial charge in [-0.2, -0.15) is 5.26 Å². The van der Waals surface area contributed by atoms with Gasteiger partial charge in [-0.05, 0) is 24.3 Å². The number of nitrogens with zero attached hydrogens (tertiary/aromatic N) is 1. The molecule has 0 fully saturated rings. The minimum Gasteiger partial charge on any atom is -0.464 e. The van der Waals surface area contributed by atoms with Gasteiger partial charge in [-0.15, -0.1) is 0 Å². The molecule has 3 nitrogen and oxygen atoms in total. The van der Waals surface area contributed by atoms with Crippen molar-refractivity contribution in [2.24, 2.45) is 0 Å². The Kier molecular flexibility index (Phi) is 3.32. The lowest BCUT2D eigenvalue weighted by Gasteiger charge is -2.06. The first-order chi connectivity index (χ1) is 9.78. The highest BCUT2D eigenvalue weighted by Gasteiger charge is 2.05. The zero-order valence-corrected chi connectivity index (χ0v) is 11.3. The van der Waals surface area contributed by atoms with Crippen molar-refractivity contribution in [1.29, 1.82) is 5.26 Å². The van der Waals surface area contributed by atoms with Crippen LogP contribution in [0.3, 0.4) is 0 Å². The minimum atomic E-state index is 0.453. The average Bonchev–Trinajstić information content (AvgIpc) is 2.88. The molecule has 20 heavy (non-hydrogen) atoms. The molecule has 98 valence electrons. The van der Waals surface area contributed by atoms with Gasteiger partial charge in [0.1, 0.15) is 11.7 Å². The summed E-state index contributed by atoms with van der Waals surface area (Å²) in [5.74, 6) is 0. The first kappa shape index (κ1) is 12.6. The van der Waals surface area contributed by atoms with Crippen LogP contribution in [0.2, 0.25) is 5.02 Å². The van der Waals surface area contributed by atoms with Gasteiger partial charge in [-0.25, -0.2) is 0 Å². The van der Waals surface area contributed by atoms with E-state index >= 15 is 0 Å². The smallest absolute Gasteiger partial charge is 0.134 e. The van der Waals surface area contributed by atoms with E-state index < -0.39 is 0 Å². The number of nitrogens with one attached hydrogen (secondary N) is 1. The van der Waals surface area contributed by atoms with Crippen LogP contribution < -0.4 is 5.32 Å². The highest BCUT2D eigenvalue weighted by Crippen LogP contribution is 2.23. The van der Waals surface area contributed by atoms with Gasteiger partial charge in [0.05, 0.1) is 16.8 Å². The fourth-order valence-corrected chi connectivity index (χ4v) is 2.31. The molecule has 2 aromatic carbocycles. The second kappa shape index (κ2) is 5.28. The fraction of sp³-hybridized carbons (Fsp3) is 0.0625. The van der Waals surface area contributed by atoms with E-state index in [0.29, 0.717) is 17.1 Å². The Morgan fingerprint density at radius 3 is 2.85 bits per heavy atom. The highest BCUT2D eigenvalue weighted by molar-refractivity contribution is 6.32. The van der Waals surface area contributed by atoms with Crippen molar-refractivity contribution >= 4 is 28.3 Å². The summed E-state index contributed by atoms with van der Waals surface area (Å²) in [6, 6.07) is 15.2. The summed E-state index contributed by atoms with van der Waals surface area (Å²) in [6.07, 6.45) is 1.75. The number of halogens is 1. The number of para-hydroxylation sites is 1. The van der Waals surface area contributed by atoms with Crippen molar-refractivity contribution in [2.75, 3.05) is 5.32 Å². The molecule has 1 N–H and O–H groups in total. The van der Waals surface area contributed by atoms with Gasteiger partial charge in [0, 0.05) is 23.2 Å². The molecule has 3 aromatic rings. The van der Waals surface area contributed by atoms with Crippen LogP contribution in [-0.2, 0) is 6.54 Å². The van der Waals surface area contributed by atoms with Crippen molar-refractivity contribution in [3.05, 3.63) is 64.9 Å². The molecule has 0 radical (unpaired) electrons. The molecule has 0 unspecified atom stereocenters. The van der Waals surface area contributed by atoms with Gasteiger partial charge >= 0.3 is 0 Å². The molecular formula is C16H11ClN2O. The zero-order valence-electron chi connectivity index (χ0n) is 10.6. The summed E-state index contributed by atoms with van der Waals surface area (Å²) in [5, 5.41) is 13.7. The predicted molar refractivity (Wildman–Crippen MR) is 79.7 cm³/mol. The zero-order chi connectivity index (χ0) is 13.9. The minimum absolute atomic E-state index is 0.453. The van der Waals surface area contributed by atoms with Crippen LogP contribution in [0.25, 0.3) is 11.0 Å². The maximum absolute atomic E-state index is 8.84. The summed E-state index contributed by atoms with van der Waals surface area (Å²) < 4.78 is 5.49. The molecule has 0 spiro atoms. The van der Waals surface area contributed by atoms with Crippen LogP contribution >= 0.6 is 11.6 Å². The Morgan fingerprint density at radius 2 is 2.05 bits per heavy atom. The summed E-state index contributed by atoms with van der Waals surface area (Å²) in [4.78, 5) is 0. The largest absolute Gasteiger partial charge is 0.464 e. The molecule has 0 atom stereocenters. The first-order valence-corrected chi connectivity index (χ1v) is 6.54. The van der Waals surface area contributed by atoms with E-state index in [1.165, 1.54) is 0 Å². The third-order valence-electron chi connectivity index (χ3n) is 3.13. The topological polar surface area (TPSA) is 49.0 Å². The van der Waals surface area contributed by atoms with Gasteiger partial charge in [-0.1, -0.05) is 29.8 Å². The van der Waals surface area contributed by atoms with Crippen molar-refractivity contribution in [3.63, 3.8) is 0 Å². The molecule has 0 saturated heterocycles. The summed E-state index contributed by atoms with van der Waals surface area (Å²) in [6.45, 7) is 0.638. The van der Waals surface area contributed by atoms with Crippen LogP contribution in [0, 0.1) is 11.3 Å². The van der Waals surface area contributed by atoms with Crippen molar-refractivity contribution in [1.82, 2.24) is 0 Å². The number of anilines is 1. The Morgan fingerprint density at radius 1 is 1.20 bits per heavy atom. The second-order valence-corrected chi connectivity index (χ2v) is 4.82. The van der Waals surface area contributed by atoms with Crippen LogP contribution in [0.4, 0.5) is 5.69 Å². The third kappa shape index (κ3) is 2.34. The Hall–Kier alpha value is -2.44. The lowest BCUT2D eigenvalue weighted by atomic mass is 10.1. The highest BCUT2D eigenvalue weighted by atomic mass is 35.5. The van der Waals surface area contributed by atoms with Crippen molar-refractivity contribution in [2.45, 2.75) is 6.54 Å². The Labute approximate surface area is 121 Å². The van der Waals surface area contributed by atoms with E-state index in [9.17, 15) is 0 Å². The van der Waals surface area contributed by atoms with Gasteiger partial charge in [0.15, 0.2) is 0 Å². The first-order valence-electron chi connectivity index (χ1n) is 6.16.